The number of aromatic nitrogens is 5. The van der Waals surface area contributed by atoms with Crippen molar-refractivity contribution in [2.24, 2.45) is 0 Å². The van der Waals surface area contributed by atoms with Crippen LogP contribution < -0.4 is 0 Å². The van der Waals surface area contributed by atoms with Gasteiger partial charge in [0.2, 0.25) is 0 Å². The molecule has 0 bridgehead atoms. The summed E-state index contributed by atoms with van der Waals surface area (Å²) in [5.41, 5.74) is 9.28. The molecule has 6 heteroatoms. The fourth-order valence-corrected chi connectivity index (χ4v) is 5.26. The van der Waals surface area contributed by atoms with Crippen molar-refractivity contribution >= 4 is 11.0 Å². The van der Waals surface area contributed by atoms with Gasteiger partial charge in [-0.1, -0.05) is 97.1 Å². The summed E-state index contributed by atoms with van der Waals surface area (Å²) in [5, 5.41) is 8.94. The Morgan fingerprint density at radius 1 is 0.700 bits per heavy atom. The fourth-order valence-electron chi connectivity index (χ4n) is 5.26. The van der Waals surface area contributed by atoms with Crippen molar-refractivity contribution in [1.82, 2.24) is 24.3 Å². The molecule has 0 N–H and O–H groups in total. The molecule has 0 atom stereocenters. The van der Waals surface area contributed by atoms with E-state index in [1.54, 1.807) is 6.33 Å². The Hall–Kier alpha value is -4.64. The molecule has 5 aromatic carbocycles. The maximum Gasteiger partial charge on any atom is 0.115 e. The average molecular weight is 695 g/mol. The van der Waals surface area contributed by atoms with Crippen LogP contribution in [0.5, 0.6) is 0 Å². The fraction of sp³-hybridized carbons (Fsp3) is 0.0294. The number of fused-ring (bicyclic) bond motifs is 1. The second-order valence-corrected chi connectivity index (χ2v) is 9.41. The maximum absolute atomic E-state index is 4.88. The third-order valence-corrected chi connectivity index (χ3v) is 7.00. The van der Waals surface area contributed by atoms with E-state index in [2.05, 4.69) is 110 Å². The zero-order valence-electron chi connectivity index (χ0n) is 21.7. The average Bonchev–Trinajstić information content (AvgIpc) is 3.61. The van der Waals surface area contributed by atoms with E-state index >= 15 is 0 Å². The first-order valence-corrected chi connectivity index (χ1v) is 12.9. The van der Waals surface area contributed by atoms with E-state index in [1.807, 2.05) is 43.3 Å². The molecule has 0 unspecified atom stereocenters. The van der Waals surface area contributed by atoms with Crippen molar-refractivity contribution < 1.29 is 20.1 Å². The van der Waals surface area contributed by atoms with E-state index < -0.39 is 0 Å². The Morgan fingerprint density at radius 2 is 1.30 bits per heavy atom. The Balaban J connectivity index is 0.00000289. The number of benzene rings is 5. The number of rotatable bonds is 5. The quantitative estimate of drug-likeness (QED) is 0.174. The molecular weight excluding hydrogens is 671 g/mol. The van der Waals surface area contributed by atoms with E-state index in [0.717, 1.165) is 56.0 Å². The molecule has 2 heterocycles. The molecular formula is C34H24IrN5-. The molecule has 0 spiro atoms. The third kappa shape index (κ3) is 4.47. The van der Waals surface area contributed by atoms with Gasteiger partial charge in [-0.15, -0.1) is 28.9 Å². The van der Waals surface area contributed by atoms with Gasteiger partial charge in [0.1, 0.15) is 12.2 Å². The summed E-state index contributed by atoms with van der Waals surface area (Å²) in [6, 6.07) is 45.1. The van der Waals surface area contributed by atoms with Gasteiger partial charge >= 0.3 is 0 Å². The van der Waals surface area contributed by atoms with Crippen molar-refractivity contribution in [2.45, 2.75) is 6.92 Å². The van der Waals surface area contributed by atoms with Crippen molar-refractivity contribution in [3.8, 4) is 45.0 Å². The van der Waals surface area contributed by atoms with Crippen LogP contribution in [0, 0.1) is 13.0 Å². The van der Waals surface area contributed by atoms with Crippen LogP contribution in [0.1, 0.15) is 5.82 Å². The Kier molecular flexibility index (Phi) is 6.95. The van der Waals surface area contributed by atoms with E-state index in [4.69, 9.17) is 4.98 Å². The normalized spacial score (nSPS) is 10.9. The first-order chi connectivity index (χ1) is 19.3. The zero-order chi connectivity index (χ0) is 26.2. The molecule has 0 aliphatic carbocycles. The molecule has 1 radical (unpaired) electrons. The van der Waals surface area contributed by atoms with Crippen LogP contribution >= 0.6 is 0 Å². The minimum atomic E-state index is 0. The van der Waals surface area contributed by atoms with Gasteiger partial charge in [0.25, 0.3) is 0 Å². The monoisotopic (exact) mass is 695 g/mol. The predicted molar refractivity (Wildman–Crippen MR) is 156 cm³/mol. The molecule has 2 aromatic heterocycles. The van der Waals surface area contributed by atoms with E-state index in [1.165, 1.54) is 0 Å². The summed E-state index contributed by atoms with van der Waals surface area (Å²) in [5.74, 6) is 1.63. The van der Waals surface area contributed by atoms with Gasteiger partial charge in [-0.25, -0.2) is 0 Å². The van der Waals surface area contributed by atoms with E-state index in [0.29, 0.717) is 5.82 Å². The van der Waals surface area contributed by atoms with Gasteiger partial charge in [-0.2, -0.15) is 5.10 Å². The number of aryl methyl sites for hydroxylation is 1. The van der Waals surface area contributed by atoms with Gasteiger partial charge in [0.15, 0.2) is 0 Å². The number of hydrogen-bond acceptors (Lipinski definition) is 3. The number of imidazole rings is 1. The number of hydrogen-bond donors (Lipinski definition) is 0. The van der Waals surface area contributed by atoms with Crippen LogP contribution in [-0.4, -0.2) is 24.3 Å². The number of nitrogens with zero attached hydrogens (tertiary/aromatic N) is 5. The summed E-state index contributed by atoms with van der Waals surface area (Å²) in [6.07, 6.45) is 1.79. The molecule has 0 amide bonds. The standard InChI is InChI=1S/C34H24N5.Ir/c1-24-36-31-22-27(20-21-32(31)39(24)28-16-9-4-10-17-28)34-37-35-23-38(34)33-29(25-12-5-2-6-13-25)18-11-19-30(33)26-14-7-3-8-15-26;/h2-19,21-23H,1H3;/q-1;. The summed E-state index contributed by atoms with van der Waals surface area (Å²) < 4.78 is 4.22. The largest absolute Gasteiger partial charge is 0.338 e. The first kappa shape index (κ1) is 25.6. The van der Waals surface area contributed by atoms with Gasteiger partial charge in [-0.05, 0) is 35.7 Å². The second-order valence-electron chi connectivity index (χ2n) is 9.41. The predicted octanol–water partition coefficient (Wildman–Crippen LogP) is 7.71. The molecule has 7 aromatic rings. The molecule has 195 valence electrons. The van der Waals surface area contributed by atoms with E-state index in [-0.39, 0.29) is 20.1 Å². The number of para-hydroxylation sites is 2. The van der Waals surface area contributed by atoms with Crippen LogP contribution in [0.25, 0.3) is 56.0 Å². The minimum Gasteiger partial charge on any atom is -0.338 e. The molecule has 0 aliphatic heterocycles. The van der Waals surface area contributed by atoms with Crippen molar-refractivity contribution in [3.05, 3.63) is 140 Å². The van der Waals surface area contributed by atoms with Crippen LogP contribution in [0.4, 0.5) is 0 Å². The van der Waals surface area contributed by atoms with E-state index in [9.17, 15) is 0 Å². The molecule has 0 saturated carbocycles. The van der Waals surface area contributed by atoms with Crippen LogP contribution in [0.3, 0.4) is 0 Å². The van der Waals surface area contributed by atoms with Crippen molar-refractivity contribution in [1.29, 1.82) is 0 Å². The Morgan fingerprint density at radius 3 is 1.93 bits per heavy atom. The third-order valence-electron chi connectivity index (χ3n) is 7.00. The van der Waals surface area contributed by atoms with Crippen LogP contribution in [0.2, 0.25) is 0 Å². The second kappa shape index (κ2) is 10.9. The summed E-state index contributed by atoms with van der Waals surface area (Å²) in [6.45, 7) is 2.03. The van der Waals surface area contributed by atoms with Gasteiger partial charge < -0.3 is 9.13 Å². The Bertz CT molecular complexity index is 1850. The topological polar surface area (TPSA) is 48.5 Å². The summed E-state index contributed by atoms with van der Waals surface area (Å²) in [7, 11) is 0. The van der Waals surface area contributed by atoms with Gasteiger partial charge in [0, 0.05) is 42.4 Å². The maximum atomic E-state index is 4.88. The molecule has 5 nitrogen and oxygen atoms in total. The van der Waals surface area contributed by atoms with Crippen LogP contribution in [0.15, 0.2) is 128 Å². The van der Waals surface area contributed by atoms with Crippen LogP contribution in [-0.2, 0) is 20.1 Å². The van der Waals surface area contributed by atoms with Crippen molar-refractivity contribution in [3.63, 3.8) is 0 Å². The van der Waals surface area contributed by atoms with Gasteiger partial charge in [-0.3, -0.25) is 4.98 Å². The SMILES string of the molecule is Cc1nc2cc(-c3nncn3-c3c(-c4ccccc4)cccc3-c3ccccc3)[c-]cc2n1-c1ccccc1.[Ir]. The summed E-state index contributed by atoms with van der Waals surface area (Å²) in [4.78, 5) is 4.88. The Labute approximate surface area is 246 Å². The zero-order valence-corrected chi connectivity index (χ0v) is 24.1. The molecule has 0 aliphatic rings. The van der Waals surface area contributed by atoms with Crippen molar-refractivity contribution in [2.75, 3.05) is 0 Å². The minimum absolute atomic E-state index is 0. The summed E-state index contributed by atoms with van der Waals surface area (Å²) >= 11 is 0. The molecule has 0 saturated heterocycles. The van der Waals surface area contributed by atoms with Gasteiger partial charge in [0.05, 0.1) is 11.5 Å². The molecule has 7 rings (SSSR count). The first-order valence-electron chi connectivity index (χ1n) is 12.9. The molecule has 0 fully saturated rings. The smallest absolute Gasteiger partial charge is 0.115 e. The molecule has 40 heavy (non-hydrogen) atoms.